The number of hydrogen-bond donors (Lipinski definition) is 1. The van der Waals surface area contributed by atoms with Crippen molar-refractivity contribution in [2.45, 2.75) is 6.04 Å². The Morgan fingerprint density at radius 3 is 3.08 bits per heavy atom. The second-order valence-corrected chi connectivity index (χ2v) is 3.16. The molecule has 2 atom stereocenters. The Labute approximate surface area is 75.5 Å². The monoisotopic (exact) mass is 172 g/mol. The van der Waals surface area contributed by atoms with Crippen molar-refractivity contribution in [2.24, 2.45) is 20.9 Å². The van der Waals surface area contributed by atoms with E-state index in [2.05, 4.69) is 26.4 Å². The quantitative estimate of drug-likeness (QED) is 0.615. The number of amidine groups is 1. The topological polar surface area (TPSA) is 49.1 Å². The predicted octanol–water partition coefficient (Wildman–Crippen LogP) is 0.497. The Balaban J connectivity index is 1.93. The lowest BCUT2D eigenvalue weighted by molar-refractivity contribution is 0.702. The van der Waals surface area contributed by atoms with Crippen molar-refractivity contribution in [1.82, 2.24) is 5.32 Å². The molecule has 3 heterocycles. The SMILES string of the molecule is C1=CC2C(=NC=NC2C2=CN=C2)N1. The molecule has 3 rings (SSSR count). The first-order chi connectivity index (χ1) is 6.45. The summed E-state index contributed by atoms with van der Waals surface area (Å²) in [7, 11) is 0. The first-order valence-corrected chi connectivity index (χ1v) is 4.21. The highest BCUT2D eigenvalue weighted by atomic mass is 15.1. The lowest BCUT2D eigenvalue weighted by atomic mass is 9.92. The van der Waals surface area contributed by atoms with Crippen molar-refractivity contribution >= 4 is 18.4 Å². The van der Waals surface area contributed by atoms with Gasteiger partial charge in [-0.15, -0.1) is 0 Å². The molecule has 0 fully saturated rings. The molecule has 0 saturated heterocycles. The van der Waals surface area contributed by atoms with Crippen LogP contribution in [0.4, 0.5) is 0 Å². The highest BCUT2D eigenvalue weighted by Gasteiger charge is 2.31. The lowest BCUT2D eigenvalue weighted by Gasteiger charge is -2.23. The fraction of sp³-hybridized carbons (Fsp3) is 0.222. The van der Waals surface area contributed by atoms with Crippen LogP contribution >= 0.6 is 0 Å². The second-order valence-electron chi connectivity index (χ2n) is 3.16. The molecule has 1 N–H and O–H groups in total. The molecule has 0 bridgehead atoms. The molecule has 0 aromatic carbocycles. The maximum absolute atomic E-state index is 4.33. The third-order valence-electron chi connectivity index (χ3n) is 2.40. The molecule has 64 valence electrons. The van der Waals surface area contributed by atoms with Crippen molar-refractivity contribution in [2.75, 3.05) is 0 Å². The molecule has 0 aromatic heterocycles. The van der Waals surface area contributed by atoms with Gasteiger partial charge in [0.2, 0.25) is 0 Å². The van der Waals surface area contributed by atoms with Gasteiger partial charge in [-0.05, 0) is 6.20 Å². The fourth-order valence-electron chi connectivity index (χ4n) is 1.67. The fourth-order valence-corrected chi connectivity index (χ4v) is 1.67. The standard InChI is InChI=1S/C9H8N4/c1-2-11-9-7(1)8(12-5-13-9)6-3-10-4-6/h1-5,7-8H,(H,11,12,13). The molecular formula is C9H8N4. The van der Waals surface area contributed by atoms with Gasteiger partial charge in [-0.2, -0.15) is 0 Å². The maximum Gasteiger partial charge on any atom is 0.117 e. The van der Waals surface area contributed by atoms with E-state index in [1.54, 1.807) is 6.34 Å². The van der Waals surface area contributed by atoms with E-state index in [0.29, 0.717) is 0 Å². The summed E-state index contributed by atoms with van der Waals surface area (Å²) in [6.07, 6.45) is 9.34. The summed E-state index contributed by atoms with van der Waals surface area (Å²) >= 11 is 0. The van der Waals surface area contributed by atoms with Crippen molar-refractivity contribution in [1.29, 1.82) is 0 Å². The molecule has 4 heteroatoms. The van der Waals surface area contributed by atoms with Crippen LogP contribution in [0.2, 0.25) is 0 Å². The molecule has 0 aromatic rings. The van der Waals surface area contributed by atoms with Crippen LogP contribution in [0.1, 0.15) is 0 Å². The van der Waals surface area contributed by atoms with Gasteiger partial charge < -0.3 is 5.32 Å². The first-order valence-electron chi connectivity index (χ1n) is 4.21. The zero-order valence-corrected chi connectivity index (χ0v) is 6.88. The minimum Gasteiger partial charge on any atom is -0.350 e. The second kappa shape index (κ2) is 2.39. The van der Waals surface area contributed by atoms with Crippen molar-refractivity contribution in [3.63, 3.8) is 0 Å². The van der Waals surface area contributed by atoms with Gasteiger partial charge in [-0.25, -0.2) is 4.99 Å². The van der Waals surface area contributed by atoms with E-state index in [4.69, 9.17) is 0 Å². The van der Waals surface area contributed by atoms with Crippen LogP contribution in [0.3, 0.4) is 0 Å². The molecule has 13 heavy (non-hydrogen) atoms. The summed E-state index contributed by atoms with van der Waals surface area (Å²) in [6.45, 7) is 0. The molecule has 0 spiro atoms. The van der Waals surface area contributed by atoms with E-state index in [1.807, 2.05) is 18.6 Å². The molecule has 0 aliphatic carbocycles. The summed E-state index contributed by atoms with van der Waals surface area (Å²) in [6, 6.07) is 0.177. The van der Waals surface area contributed by atoms with Crippen LogP contribution in [0.5, 0.6) is 0 Å². The minimum absolute atomic E-state index is 0.177. The van der Waals surface area contributed by atoms with Gasteiger partial charge in [0.05, 0.1) is 12.0 Å². The third kappa shape index (κ3) is 0.884. The van der Waals surface area contributed by atoms with Crippen LogP contribution in [0.15, 0.2) is 39.0 Å². The van der Waals surface area contributed by atoms with E-state index >= 15 is 0 Å². The Bertz CT molecular complexity index is 386. The number of nitrogens with zero attached hydrogens (tertiary/aromatic N) is 3. The Hall–Kier alpha value is -1.71. The van der Waals surface area contributed by atoms with E-state index in [9.17, 15) is 0 Å². The van der Waals surface area contributed by atoms with Crippen LogP contribution < -0.4 is 5.32 Å². The summed E-state index contributed by atoms with van der Waals surface area (Å²) in [5.41, 5.74) is 1.18. The first kappa shape index (κ1) is 6.77. The van der Waals surface area contributed by atoms with Gasteiger partial charge >= 0.3 is 0 Å². The number of rotatable bonds is 1. The van der Waals surface area contributed by atoms with E-state index < -0.39 is 0 Å². The van der Waals surface area contributed by atoms with Crippen LogP contribution in [0.25, 0.3) is 0 Å². The van der Waals surface area contributed by atoms with Crippen molar-refractivity contribution < 1.29 is 0 Å². The van der Waals surface area contributed by atoms with Gasteiger partial charge in [0.1, 0.15) is 12.2 Å². The summed E-state index contributed by atoms with van der Waals surface area (Å²) in [5, 5.41) is 3.10. The third-order valence-corrected chi connectivity index (χ3v) is 2.40. The molecule has 4 nitrogen and oxygen atoms in total. The van der Waals surface area contributed by atoms with E-state index in [-0.39, 0.29) is 12.0 Å². The minimum atomic E-state index is 0.177. The summed E-state index contributed by atoms with van der Waals surface area (Å²) < 4.78 is 0. The Morgan fingerprint density at radius 1 is 1.38 bits per heavy atom. The normalized spacial score (nSPS) is 33.2. The van der Waals surface area contributed by atoms with Crippen molar-refractivity contribution in [3.05, 3.63) is 24.0 Å². The van der Waals surface area contributed by atoms with Gasteiger partial charge in [-0.1, -0.05) is 6.08 Å². The molecule has 3 aliphatic rings. The number of aliphatic imine (C=N–C) groups is 3. The van der Waals surface area contributed by atoms with Gasteiger partial charge in [0, 0.05) is 18.0 Å². The van der Waals surface area contributed by atoms with Gasteiger partial charge in [0.25, 0.3) is 0 Å². The van der Waals surface area contributed by atoms with Crippen LogP contribution in [-0.4, -0.2) is 24.4 Å². The van der Waals surface area contributed by atoms with Crippen LogP contribution in [0, 0.1) is 5.92 Å². The molecule has 3 aliphatic heterocycles. The molecule has 2 unspecified atom stereocenters. The number of hydrogen-bond acceptors (Lipinski definition) is 4. The zero-order chi connectivity index (χ0) is 8.67. The Morgan fingerprint density at radius 2 is 2.31 bits per heavy atom. The number of fused-ring (bicyclic) bond motifs is 1. The van der Waals surface area contributed by atoms with E-state index in [1.165, 1.54) is 5.57 Å². The molecular weight excluding hydrogens is 164 g/mol. The largest absolute Gasteiger partial charge is 0.350 e. The highest BCUT2D eigenvalue weighted by Crippen LogP contribution is 2.25. The average molecular weight is 172 g/mol. The maximum atomic E-state index is 4.33. The Kier molecular flexibility index (Phi) is 1.24. The molecule has 0 radical (unpaired) electrons. The smallest absolute Gasteiger partial charge is 0.117 e. The molecule has 0 saturated carbocycles. The summed E-state index contributed by atoms with van der Waals surface area (Å²) in [5.74, 6) is 1.27. The van der Waals surface area contributed by atoms with E-state index in [0.717, 1.165) is 5.84 Å². The average Bonchev–Trinajstić information content (AvgIpc) is 2.49. The van der Waals surface area contributed by atoms with Gasteiger partial charge in [0.15, 0.2) is 0 Å². The van der Waals surface area contributed by atoms with Crippen molar-refractivity contribution in [3.8, 4) is 0 Å². The highest BCUT2D eigenvalue weighted by molar-refractivity contribution is 5.99. The number of nitrogens with one attached hydrogen (secondary N) is 1. The van der Waals surface area contributed by atoms with Crippen LogP contribution in [-0.2, 0) is 0 Å². The molecule has 0 amide bonds. The van der Waals surface area contributed by atoms with Gasteiger partial charge in [-0.3, -0.25) is 9.98 Å². The summed E-state index contributed by atoms with van der Waals surface area (Å²) in [4.78, 5) is 12.4. The lowest BCUT2D eigenvalue weighted by Crippen LogP contribution is -2.33. The predicted molar refractivity (Wildman–Crippen MR) is 52.1 cm³/mol. The zero-order valence-electron chi connectivity index (χ0n) is 6.88.